The molecule has 0 amide bonds. The normalized spacial score (nSPS) is 15.0. The maximum Gasteiger partial charge on any atom is 0.155 e. The van der Waals surface area contributed by atoms with Crippen molar-refractivity contribution >= 4 is 22.2 Å². The van der Waals surface area contributed by atoms with Crippen LogP contribution in [0, 0.1) is 20.8 Å². The number of rotatable bonds is 6. The summed E-state index contributed by atoms with van der Waals surface area (Å²) in [6, 6.07) is 13.7. The van der Waals surface area contributed by atoms with Crippen LogP contribution in [0.1, 0.15) is 28.7 Å². The highest BCUT2D eigenvalue weighted by atomic mass is 32.2. The molecule has 1 unspecified atom stereocenters. The third-order valence-corrected chi connectivity index (χ3v) is 7.04. The molecule has 2 N–H and O–H groups in total. The van der Waals surface area contributed by atoms with Gasteiger partial charge in [-0.25, -0.2) is 9.19 Å². The van der Waals surface area contributed by atoms with Gasteiger partial charge in [0.25, 0.3) is 0 Å². The Kier molecular flexibility index (Phi) is 5.88. The number of fused-ring (bicyclic) bond motifs is 2. The average Bonchev–Trinajstić information content (AvgIpc) is 2.74. The van der Waals surface area contributed by atoms with Crippen LogP contribution in [-0.2, 0) is 17.3 Å². The Hall–Kier alpha value is -2.70. The SMILES string of the molecule is Cc1ccc(CNCCCN2c3cccnc3S(=O)c3ccc(C)c(C)c32)c(O)c1. The van der Waals surface area contributed by atoms with Crippen molar-refractivity contribution in [3.63, 3.8) is 0 Å². The number of benzene rings is 2. The first-order chi connectivity index (χ1) is 14.5. The number of phenols is 1. The van der Waals surface area contributed by atoms with E-state index in [4.69, 9.17) is 0 Å². The largest absolute Gasteiger partial charge is 0.508 e. The van der Waals surface area contributed by atoms with Crippen molar-refractivity contribution in [2.75, 3.05) is 18.0 Å². The standard InChI is InChI=1S/C24H27N3O2S/c1-16-7-9-19(21(28)14-16)15-25-11-5-13-27-20-6-4-12-26-24(20)30(29)22-10-8-17(2)18(3)23(22)27/h4,6-10,12,14,25,28H,5,11,13,15H2,1-3H3. The minimum atomic E-state index is -1.26. The summed E-state index contributed by atoms with van der Waals surface area (Å²) in [6.07, 6.45) is 2.61. The Bertz CT molecular complexity index is 1110. The lowest BCUT2D eigenvalue weighted by atomic mass is 10.1. The summed E-state index contributed by atoms with van der Waals surface area (Å²) >= 11 is 0. The molecule has 1 aliphatic heterocycles. The van der Waals surface area contributed by atoms with E-state index in [1.807, 2.05) is 43.3 Å². The topological polar surface area (TPSA) is 65.5 Å². The monoisotopic (exact) mass is 421 g/mol. The van der Waals surface area contributed by atoms with Crippen LogP contribution in [-0.4, -0.2) is 27.4 Å². The van der Waals surface area contributed by atoms with Gasteiger partial charge in [0.05, 0.1) is 16.3 Å². The summed E-state index contributed by atoms with van der Waals surface area (Å²) in [5.41, 5.74) is 6.28. The van der Waals surface area contributed by atoms with Gasteiger partial charge in [-0.1, -0.05) is 18.2 Å². The van der Waals surface area contributed by atoms with Crippen LogP contribution < -0.4 is 10.2 Å². The third kappa shape index (κ3) is 3.85. The van der Waals surface area contributed by atoms with E-state index in [0.29, 0.717) is 17.3 Å². The number of nitrogens with one attached hydrogen (secondary N) is 1. The van der Waals surface area contributed by atoms with Gasteiger partial charge in [-0.15, -0.1) is 0 Å². The van der Waals surface area contributed by atoms with Gasteiger partial charge in [-0.2, -0.15) is 0 Å². The predicted molar refractivity (Wildman–Crippen MR) is 121 cm³/mol. The number of nitrogens with zero attached hydrogens (tertiary/aromatic N) is 2. The predicted octanol–water partition coefficient (Wildman–Crippen LogP) is 4.51. The molecule has 4 rings (SSSR count). The molecule has 2 heterocycles. The number of phenolic OH excluding ortho intramolecular Hbond substituents is 1. The van der Waals surface area contributed by atoms with Crippen LogP contribution in [0.2, 0.25) is 0 Å². The number of anilines is 2. The number of aryl methyl sites for hydroxylation is 2. The van der Waals surface area contributed by atoms with Crippen LogP contribution in [0.3, 0.4) is 0 Å². The molecule has 5 nitrogen and oxygen atoms in total. The lowest BCUT2D eigenvalue weighted by Gasteiger charge is -2.34. The molecule has 0 aliphatic carbocycles. The van der Waals surface area contributed by atoms with Crippen LogP contribution in [0.4, 0.5) is 11.4 Å². The van der Waals surface area contributed by atoms with Crippen molar-refractivity contribution in [3.05, 3.63) is 70.9 Å². The fourth-order valence-electron chi connectivity index (χ4n) is 3.86. The van der Waals surface area contributed by atoms with Crippen molar-refractivity contribution in [1.82, 2.24) is 10.3 Å². The van der Waals surface area contributed by atoms with Gasteiger partial charge in [0.15, 0.2) is 5.03 Å². The zero-order chi connectivity index (χ0) is 21.3. The van der Waals surface area contributed by atoms with Gasteiger partial charge in [0.1, 0.15) is 16.5 Å². The van der Waals surface area contributed by atoms with Gasteiger partial charge < -0.3 is 15.3 Å². The zero-order valence-electron chi connectivity index (χ0n) is 17.6. The molecule has 0 saturated heterocycles. The third-order valence-electron chi connectivity index (χ3n) is 5.64. The van der Waals surface area contributed by atoms with Crippen molar-refractivity contribution in [2.24, 2.45) is 0 Å². The molecule has 30 heavy (non-hydrogen) atoms. The second-order valence-corrected chi connectivity index (χ2v) is 9.13. The van der Waals surface area contributed by atoms with E-state index in [-0.39, 0.29) is 0 Å². The molecule has 0 radical (unpaired) electrons. The average molecular weight is 422 g/mol. The number of pyridine rings is 1. The van der Waals surface area contributed by atoms with E-state index in [0.717, 1.165) is 52.5 Å². The number of hydrogen-bond acceptors (Lipinski definition) is 5. The van der Waals surface area contributed by atoms with E-state index in [9.17, 15) is 9.32 Å². The Morgan fingerprint density at radius 1 is 1.13 bits per heavy atom. The van der Waals surface area contributed by atoms with Crippen molar-refractivity contribution in [2.45, 2.75) is 43.7 Å². The Morgan fingerprint density at radius 3 is 2.77 bits per heavy atom. The number of aromatic hydroxyl groups is 1. The molecule has 1 aliphatic rings. The molecular weight excluding hydrogens is 394 g/mol. The van der Waals surface area contributed by atoms with Crippen LogP contribution in [0.5, 0.6) is 5.75 Å². The summed E-state index contributed by atoms with van der Waals surface area (Å²) in [6.45, 7) is 8.38. The van der Waals surface area contributed by atoms with Gasteiger partial charge in [0.2, 0.25) is 0 Å². The van der Waals surface area contributed by atoms with Crippen LogP contribution >= 0.6 is 0 Å². The summed E-state index contributed by atoms with van der Waals surface area (Å²) in [5.74, 6) is 0.334. The molecule has 156 valence electrons. The number of aromatic nitrogens is 1. The molecule has 0 bridgehead atoms. The van der Waals surface area contributed by atoms with Crippen LogP contribution in [0.25, 0.3) is 0 Å². The lowest BCUT2D eigenvalue weighted by molar-refractivity contribution is 0.464. The molecule has 0 spiro atoms. The van der Waals surface area contributed by atoms with E-state index in [1.54, 1.807) is 12.3 Å². The highest BCUT2D eigenvalue weighted by molar-refractivity contribution is 7.85. The van der Waals surface area contributed by atoms with E-state index >= 15 is 0 Å². The fourth-order valence-corrected chi connectivity index (χ4v) is 5.22. The van der Waals surface area contributed by atoms with Crippen LogP contribution in [0.15, 0.2) is 58.6 Å². The van der Waals surface area contributed by atoms with E-state index in [2.05, 4.69) is 29.0 Å². The van der Waals surface area contributed by atoms with Crippen molar-refractivity contribution < 1.29 is 9.32 Å². The summed E-state index contributed by atoms with van der Waals surface area (Å²) in [5, 5.41) is 14.1. The first-order valence-corrected chi connectivity index (χ1v) is 11.4. The van der Waals surface area contributed by atoms with Gasteiger partial charge in [-0.3, -0.25) is 0 Å². The van der Waals surface area contributed by atoms with Crippen molar-refractivity contribution in [1.29, 1.82) is 0 Å². The first kappa shape index (κ1) is 20.6. The fraction of sp³-hybridized carbons (Fsp3) is 0.292. The van der Waals surface area contributed by atoms with Gasteiger partial charge in [-0.05, 0) is 74.7 Å². The highest BCUT2D eigenvalue weighted by Gasteiger charge is 2.30. The van der Waals surface area contributed by atoms with E-state index < -0.39 is 10.8 Å². The molecule has 6 heteroatoms. The number of hydrogen-bond donors (Lipinski definition) is 2. The Labute approximate surface area is 180 Å². The van der Waals surface area contributed by atoms with E-state index in [1.165, 1.54) is 5.56 Å². The molecule has 3 aromatic rings. The van der Waals surface area contributed by atoms with Gasteiger partial charge >= 0.3 is 0 Å². The van der Waals surface area contributed by atoms with Crippen molar-refractivity contribution in [3.8, 4) is 5.75 Å². The lowest BCUT2D eigenvalue weighted by Crippen LogP contribution is -2.29. The maximum absolute atomic E-state index is 13.1. The molecule has 1 aromatic heterocycles. The minimum absolute atomic E-state index is 0.334. The second kappa shape index (κ2) is 8.58. The molecule has 0 saturated carbocycles. The Morgan fingerprint density at radius 2 is 1.97 bits per heavy atom. The second-order valence-electron chi connectivity index (χ2n) is 7.76. The Balaban J connectivity index is 1.49. The molecule has 2 aromatic carbocycles. The quantitative estimate of drug-likeness (QED) is 0.573. The zero-order valence-corrected chi connectivity index (χ0v) is 18.4. The molecule has 0 fully saturated rings. The summed E-state index contributed by atoms with van der Waals surface area (Å²) in [4.78, 5) is 7.51. The summed E-state index contributed by atoms with van der Waals surface area (Å²) < 4.78 is 13.1. The summed E-state index contributed by atoms with van der Waals surface area (Å²) in [7, 11) is -1.26. The first-order valence-electron chi connectivity index (χ1n) is 10.2. The minimum Gasteiger partial charge on any atom is -0.508 e. The maximum atomic E-state index is 13.1. The molecule has 1 atom stereocenters. The molecular formula is C24H27N3O2S. The smallest absolute Gasteiger partial charge is 0.155 e. The highest BCUT2D eigenvalue weighted by Crippen LogP contribution is 2.43. The van der Waals surface area contributed by atoms with Gasteiger partial charge in [0, 0.05) is 24.8 Å².